The zero-order valence-electron chi connectivity index (χ0n) is 8.92. The van der Waals surface area contributed by atoms with Crippen LogP contribution >= 0.6 is 58.0 Å². The van der Waals surface area contributed by atoms with Gasteiger partial charge in [0.25, 0.3) is 0 Å². The van der Waals surface area contributed by atoms with Crippen LogP contribution in [0.3, 0.4) is 0 Å². The monoisotopic (exact) mass is 345 g/mol. The molecule has 4 bridgehead atoms. The Kier molecular flexibility index (Phi) is 1.89. The molecule has 2 nitrogen and oxygen atoms in total. The molecule has 0 amide bonds. The maximum Gasteiger partial charge on any atom is 0.216 e. The number of rotatable bonds is 0. The normalized spacial score (nSPS) is 61.5. The van der Waals surface area contributed by atoms with Crippen LogP contribution in [0.4, 0.5) is 0 Å². The molecule has 98 valence electrons. The Morgan fingerprint density at radius 2 is 1.78 bits per heavy atom. The van der Waals surface area contributed by atoms with Gasteiger partial charge in [0, 0.05) is 17.9 Å². The van der Waals surface area contributed by atoms with Crippen LogP contribution in [0.25, 0.3) is 0 Å². The lowest BCUT2D eigenvalue weighted by Crippen LogP contribution is -2.45. The Morgan fingerprint density at radius 1 is 1.11 bits per heavy atom. The number of alkyl halides is 3. The van der Waals surface area contributed by atoms with Gasteiger partial charge in [-0.1, -0.05) is 46.4 Å². The molecule has 2 saturated carbocycles. The molecular formula is C11H8Cl5NO. The van der Waals surface area contributed by atoms with E-state index >= 15 is 0 Å². The fraction of sp³-hybridized carbons (Fsp3) is 0.818. The van der Waals surface area contributed by atoms with Gasteiger partial charge >= 0.3 is 0 Å². The van der Waals surface area contributed by atoms with Gasteiger partial charge in [0.05, 0.1) is 17.2 Å². The zero-order valence-corrected chi connectivity index (χ0v) is 12.7. The minimum absolute atomic E-state index is 0.137. The lowest BCUT2D eigenvalue weighted by atomic mass is 9.77. The summed E-state index contributed by atoms with van der Waals surface area (Å²) in [7, 11) is 0. The van der Waals surface area contributed by atoms with Crippen molar-refractivity contribution in [3.63, 3.8) is 0 Å². The Labute approximate surface area is 129 Å². The van der Waals surface area contributed by atoms with E-state index in [2.05, 4.69) is 0 Å². The van der Waals surface area contributed by atoms with Crippen molar-refractivity contribution in [1.29, 1.82) is 0 Å². The highest BCUT2D eigenvalue weighted by Gasteiger charge is 2.83. The maximum absolute atomic E-state index is 6.78. The van der Waals surface area contributed by atoms with E-state index in [0.717, 1.165) is 6.42 Å². The lowest BCUT2D eigenvalue weighted by molar-refractivity contribution is 0.195. The fourth-order valence-corrected chi connectivity index (χ4v) is 7.13. The highest BCUT2D eigenvalue weighted by molar-refractivity contribution is 6.59. The first-order valence-corrected chi connectivity index (χ1v) is 7.87. The molecule has 7 unspecified atom stereocenters. The van der Waals surface area contributed by atoms with Crippen LogP contribution in [0.15, 0.2) is 10.2 Å². The predicted octanol–water partition coefficient (Wildman–Crippen LogP) is 3.47. The Morgan fingerprint density at radius 3 is 2.50 bits per heavy atom. The molecule has 18 heavy (non-hydrogen) atoms. The summed E-state index contributed by atoms with van der Waals surface area (Å²) in [6.07, 6.45) is 1.80. The lowest BCUT2D eigenvalue weighted by Gasteiger charge is -2.35. The summed E-state index contributed by atoms with van der Waals surface area (Å²) in [6, 6.07) is 0.168. The average molecular weight is 347 g/mol. The number of halogens is 5. The van der Waals surface area contributed by atoms with Crippen LogP contribution in [0.1, 0.15) is 6.42 Å². The van der Waals surface area contributed by atoms with Crippen molar-refractivity contribution in [3.8, 4) is 0 Å². The molecule has 3 aliphatic heterocycles. The van der Waals surface area contributed by atoms with Gasteiger partial charge in [0.1, 0.15) is 10.0 Å². The van der Waals surface area contributed by atoms with Crippen molar-refractivity contribution in [1.82, 2.24) is 4.90 Å². The SMILES string of the molecule is ClC1=C(Cl)C2(Cl)C3C4CC(C5OC45)C3N1C2(Cl)Cl. The molecule has 0 spiro atoms. The van der Waals surface area contributed by atoms with Crippen LogP contribution in [-0.2, 0) is 4.74 Å². The van der Waals surface area contributed by atoms with E-state index in [1.165, 1.54) is 0 Å². The molecule has 2 saturated heterocycles. The topological polar surface area (TPSA) is 15.8 Å². The molecule has 0 N–H and O–H groups in total. The van der Waals surface area contributed by atoms with Crippen molar-refractivity contribution < 1.29 is 4.74 Å². The second kappa shape index (κ2) is 2.93. The first-order valence-electron chi connectivity index (χ1n) is 5.98. The van der Waals surface area contributed by atoms with E-state index in [1.807, 2.05) is 4.90 Å². The second-order valence-electron chi connectivity index (χ2n) is 5.87. The highest BCUT2D eigenvalue weighted by Crippen LogP contribution is 2.76. The highest BCUT2D eigenvalue weighted by atomic mass is 35.5. The van der Waals surface area contributed by atoms with Crippen molar-refractivity contribution in [3.05, 3.63) is 10.2 Å². The summed E-state index contributed by atoms with van der Waals surface area (Å²) in [5.41, 5.74) is 0. The van der Waals surface area contributed by atoms with Crippen molar-refractivity contribution in [2.75, 3.05) is 0 Å². The molecule has 2 aliphatic carbocycles. The Hall–Kier alpha value is 0.950. The molecule has 0 aromatic rings. The summed E-state index contributed by atoms with van der Waals surface area (Å²) in [5.74, 6) is 0.974. The van der Waals surface area contributed by atoms with Crippen LogP contribution in [-0.4, -0.2) is 32.5 Å². The van der Waals surface area contributed by atoms with Crippen molar-refractivity contribution in [2.24, 2.45) is 17.8 Å². The van der Waals surface area contributed by atoms with Crippen LogP contribution in [0.5, 0.6) is 0 Å². The molecule has 3 heterocycles. The van der Waals surface area contributed by atoms with Gasteiger partial charge in [-0.15, -0.1) is 11.6 Å². The van der Waals surface area contributed by atoms with Crippen molar-refractivity contribution >= 4 is 58.0 Å². The van der Waals surface area contributed by atoms with Gasteiger partial charge < -0.3 is 9.64 Å². The standard InChI is InChI=1S/C11H8Cl5NO/c12-8-9(13)17-5-3-1-2(6-7(3)18-6)4(5)10(8,14)11(17,15)16/h2-7H,1H2. The molecule has 7 heteroatoms. The van der Waals surface area contributed by atoms with Gasteiger partial charge in [-0.05, 0) is 12.3 Å². The van der Waals surface area contributed by atoms with Gasteiger partial charge in [0.2, 0.25) is 4.46 Å². The summed E-state index contributed by atoms with van der Waals surface area (Å²) in [6.45, 7) is 0. The predicted molar refractivity (Wildman–Crippen MR) is 71.1 cm³/mol. The number of ether oxygens (including phenoxy) is 1. The summed E-state index contributed by atoms with van der Waals surface area (Å²) >= 11 is 32.4. The molecule has 5 rings (SSSR count). The van der Waals surface area contributed by atoms with E-state index in [1.54, 1.807) is 0 Å². The van der Waals surface area contributed by atoms with E-state index < -0.39 is 9.33 Å². The van der Waals surface area contributed by atoms with Crippen LogP contribution in [0.2, 0.25) is 0 Å². The summed E-state index contributed by atoms with van der Waals surface area (Å²) in [4.78, 5) is 0.829. The third kappa shape index (κ3) is 0.881. The Balaban J connectivity index is 1.75. The smallest absolute Gasteiger partial charge is 0.216 e. The van der Waals surface area contributed by atoms with Crippen LogP contribution < -0.4 is 0 Å². The van der Waals surface area contributed by atoms with E-state index in [4.69, 9.17) is 62.7 Å². The van der Waals surface area contributed by atoms with E-state index in [0.29, 0.717) is 34.2 Å². The molecule has 5 aliphatic rings. The summed E-state index contributed by atoms with van der Waals surface area (Å²) in [5, 5.41) is 0.796. The number of hydrogen-bond donors (Lipinski definition) is 0. The number of fused-ring (bicyclic) bond motifs is 12. The third-order valence-electron chi connectivity index (χ3n) is 5.43. The van der Waals surface area contributed by atoms with Gasteiger partial charge in [-0.2, -0.15) is 0 Å². The molecule has 7 atom stereocenters. The quantitative estimate of drug-likeness (QED) is 0.379. The molecule has 0 aromatic heterocycles. The second-order valence-corrected chi connectivity index (χ2v) is 8.49. The zero-order chi connectivity index (χ0) is 12.6. The molecule has 0 radical (unpaired) electrons. The molecule has 4 fully saturated rings. The minimum atomic E-state index is -1.24. The number of hydrogen-bond acceptors (Lipinski definition) is 2. The summed E-state index contributed by atoms with van der Waals surface area (Å²) < 4.78 is 4.46. The minimum Gasteiger partial charge on any atom is -0.369 e. The largest absolute Gasteiger partial charge is 0.369 e. The van der Waals surface area contributed by atoms with Gasteiger partial charge in [-0.25, -0.2) is 0 Å². The molecule has 0 aromatic carbocycles. The third-order valence-corrected chi connectivity index (χ3v) is 8.34. The average Bonchev–Trinajstić information content (AvgIpc) is 2.83. The van der Waals surface area contributed by atoms with Gasteiger partial charge in [-0.3, -0.25) is 0 Å². The van der Waals surface area contributed by atoms with E-state index in [-0.39, 0.29) is 12.0 Å². The van der Waals surface area contributed by atoms with Crippen molar-refractivity contribution in [2.45, 2.75) is 34.0 Å². The maximum atomic E-state index is 6.78. The number of epoxide rings is 1. The van der Waals surface area contributed by atoms with Gasteiger partial charge in [0.15, 0.2) is 0 Å². The first kappa shape index (κ1) is 11.6. The fourth-order valence-electron chi connectivity index (χ4n) is 4.85. The van der Waals surface area contributed by atoms with E-state index in [9.17, 15) is 0 Å². The molecular weight excluding hydrogens is 339 g/mol. The van der Waals surface area contributed by atoms with Crippen LogP contribution in [0, 0.1) is 17.8 Å². The number of nitrogens with zero attached hydrogens (tertiary/aromatic N) is 1. The first-order chi connectivity index (χ1) is 8.40. The Bertz CT molecular complexity index is 522.